The summed E-state index contributed by atoms with van der Waals surface area (Å²) in [5, 5.41) is 12.1. The van der Waals surface area contributed by atoms with E-state index in [1.54, 1.807) is 0 Å². The molecular weight excluding hydrogens is 298 g/mol. The number of tetrazole rings is 1. The second-order valence-electron chi connectivity index (χ2n) is 6.17. The van der Waals surface area contributed by atoms with Crippen molar-refractivity contribution in [3.05, 3.63) is 71.5 Å². The lowest BCUT2D eigenvalue weighted by molar-refractivity contribution is 0.321. The maximum atomic E-state index is 4.17. The van der Waals surface area contributed by atoms with Crippen molar-refractivity contribution in [2.75, 3.05) is 13.6 Å². The number of aryl methyl sites for hydroxylation is 2. The molecule has 5 nitrogen and oxygen atoms in total. The van der Waals surface area contributed by atoms with Crippen LogP contribution in [0.4, 0.5) is 0 Å². The molecule has 0 spiro atoms. The zero-order chi connectivity index (χ0) is 16.8. The molecular formula is C19H23N5. The topological polar surface area (TPSA) is 46.8 Å². The van der Waals surface area contributed by atoms with Gasteiger partial charge in [0.25, 0.3) is 0 Å². The average Bonchev–Trinajstić information content (AvgIpc) is 3.06. The summed E-state index contributed by atoms with van der Waals surface area (Å²) in [5.41, 5.74) is 3.65. The highest BCUT2D eigenvalue weighted by Gasteiger charge is 2.08. The molecule has 0 aliphatic carbocycles. The van der Waals surface area contributed by atoms with Crippen LogP contribution in [0.25, 0.3) is 5.69 Å². The third-order valence-corrected chi connectivity index (χ3v) is 4.05. The minimum Gasteiger partial charge on any atom is -0.302 e. The van der Waals surface area contributed by atoms with Gasteiger partial charge in [0.1, 0.15) is 0 Å². The van der Waals surface area contributed by atoms with E-state index in [4.69, 9.17) is 0 Å². The fourth-order valence-corrected chi connectivity index (χ4v) is 2.72. The molecule has 0 bridgehead atoms. The molecule has 0 fully saturated rings. The van der Waals surface area contributed by atoms with Gasteiger partial charge in [-0.05, 0) is 55.1 Å². The summed E-state index contributed by atoms with van der Waals surface area (Å²) >= 11 is 0. The van der Waals surface area contributed by atoms with E-state index >= 15 is 0 Å². The Morgan fingerprint density at radius 3 is 2.50 bits per heavy atom. The molecule has 0 aliphatic heterocycles. The Bertz CT molecular complexity index is 749. The molecule has 5 heteroatoms. The van der Waals surface area contributed by atoms with Gasteiger partial charge in [0.05, 0.1) is 5.69 Å². The number of benzene rings is 2. The first-order chi connectivity index (χ1) is 11.7. The molecule has 0 unspecified atom stereocenters. The molecule has 0 atom stereocenters. The number of hydrogen-bond donors (Lipinski definition) is 0. The van der Waals surface area contributed by atoms with Gasteiger partial charge in [0, 0.05) is 13.0 Å². The molecule has 3 aromatic rings. The van der Waals surface area contributed by atoms with Gasteiger partial charge in [0.2, 0.25) is 0 Å². The SMILES string of the molecule is Cc1ccc(CN(C)CCCc2nnnn2-c2ccccc2)cc1. The molecule has 1 heterocycles. The fraction of sp³-hybridized carbons (Fsp3) is 0.316. The largest absolute Gasteiger partial charge is 0.302 e. The number of rotatable bonds is 7. The summed E-state index contributed by atoms with van der Waals surface area (Å²) in [4.78, 5) is 2.33. The number of para-hydroxylation sites is 1. The van der Waals surface area contributed by atoms with Gasteiger partial charge in [-0.2, -0.15) is 4.68 Å². The Kier molecular flexibility index (Phi) is 5.33. The zero-order valence-corrected chi connectivity index (χ0v) is 14.3. The van der Waals surface area contributed by atoms with Crippen LogP contribution in [-0.2, 0) is 13.0 Å². The summed E-state index contributed by atoms with van der Waals surface area (Å²) in [7, 11) is 2.15. The van der Waals surface area contributed by atoms with Gasteiger partial charge >= 0.3 is 0 Å². The Balaban J connectivity index is 1.52. The van der Waals surface area contributed by atoms with E-state index in [1.807, 2.05) is 35.0 Å². The van der Waals surface area contributed by atoms with Crippen molar-refractivity contribution < 1.29 is 0 Å². The number of aromatic nitrogens is 4. The van der Waals surface area contributed by atoms with Gasteiger partial charge in [-0.15, -0.1) is 5.10 Å². The van der Waals surface area contributed by atoms with E-state index in [-0.39, 0.29) is 0 Å². The first-order valence-corrected chi connectivity index (χ1v) is 8.29. The Hall–Kier alpha value is -2.53. The van der Waals surface area contributed by atoms with Crippen LogP contribution in [0.5, 0.6) is 0 Å². The summed E-state index contributed by atoms with van der Waals surface area (Å²) in [6.07, 6.45) is 1.88. The minimum absolute atomic E-state index is 0.861. The van der Waals surface area contributed by atoms with Gasteiger partial charge in [0.15, 0.2) is 5.82 Å². The lowest BCUT2D eigenvalue weighted by Crippen LogP contribution is -2.20. The van der Waals surface area contributed by atoms with Crippen molar-refractivity contribution >= 4 is 0 Å². The second-order valence-corrected chi connectivity index (χ2v) is 6.17. The van der Waals surface area contributed by atoms with E-state index < -0.39 is 0 Å². The molecule has 0 N–H and O–H groups in total. The summed E-state index contributed by atoms with van der Waals surface area (Å²) in [6, 6.07) is 18.7. The van der Waals surface area contributed by atoms with E-state index in [0.717, 1.165) is 37.4 Å². The van der Waals surface area contributed by atoms with Crippen LogP contribution in [0.15, 0.2) is 54.6 Å². The molecule has 0 radical (unpaired) electrons. The van der Waals surface area contributed by atoms with Crippen LogP contribution in [0, 0.1) is 6.92 Å². The van der Waals surface area contributed by atoms with Crippen molar-refractivity contribution in [1.29, 1.82) is 0 Å². The molecule has 0 amide bonds. The van der Waals surface area contributed by atoms with Crippen LogP contribution >= 0.6 is 0 Å². The van der Waals surface area contributed by atoms with E-state index in [0.29, 0.717) is 0 Å². The monoisotopic (exact) mass is 321 g/mol. The molecule has 0 saturated heterocycles. The normalized spacial score (nSPS) is 11.1. The Labute approximate surface area is 142 Å². The fourth-order valence-electron chi connectivity index (χ4n) is 2.72. The van der Waals surface area contributed by atoms with Crippen LogP contribution in [0.2, 0.25) is 0 Å². The third kappa shape index (κ3) is 4.26. The van der Waals surface area contributed by atoms with E-state index in [2.05, 4.69) is 58.7 Å². The maximum absolute atomic E-state index is 4.17. The van der Waals surface area contributed by atoms with Crippen molar-refractivity contribution in [3.8, 4) is 5.69 Å². The molecule has 0 aliphatic rings. The van der Waals surface area contributed by atoms with Crippen molar-refractivity contribution in [3.63, 3.8) is 0 Å². The van der Waals surface area contributed by atoms with Crippen LogP contribution in [0.3, 0.4) is 0 Å². The predicted molar refractivity (Wildman–Crippen MR) is 95.0 cm³/mol. The van der Waals surface area contributed by atoms with E-state index in [9.17, 15) is 0 Å². The maximum Gasteiger partial charge on any atom is 0.156 e. The highest BCUT2D eigenvalue weighted by atomic mass is 15.5. The van der Waals surface area contributed by atoms with E-state index in [1.165, 1.54) is 11.1 Å². The van der Waals surface area contributed by atoms with Gasteiger partial charge in [-0.3, -0.25) is 0 Å². The smallest absolute Gasteiger partial charge is 0.156 e. The molecule has 1 aromatic heterocycles. The second kappa shape index (κ2) is 7.84. The Morgan fingerprint density at radius 1 is 1.00 bits per heavy atom. The molecule has 124 valence electrons. The molecule has 24 heavy (non-hydrogen) atoms. The lowest BCUT2D eigenvalue weighted by Gasteiger charge is -2.16. The lowest BCUT2D eigenvalue weighted by atomic mass is 10.1. The quantitative estimate of drug-likeness (QED) is 0.671. The number of nitrogens with zero attached hydrogens (tertiary/aromatic N) is 5. The Morgan fingerprint density at radius 2 is 1.75 bits per heavy atom. The number of hydrogen-bond acceptors (Lipinski definition) is 4. The van der Waals surface area contributed by atoms with Gasteiger partial charge in [-0.25, -0.2) is 0 Å². The van der Waals surface area contributed by atoms with Gasteiger partial charge < -0.3 is 4.90 Å². The summed E-state index contributed by atoms with van der Waals surface area (Å²) in [6.45, 7) is 4.09. The first-order valence-electron chi connectivity index (χ1n) is 8.29. The molecule has 3 rings (SSSR count). The van der Waals surface area contributed by atoms with Crippen molar-refractivity contribution in [1.82, 2.24) is 25.1 Å². The minimum atomic E-state index is 0.861. The summed E-state index contributed by atoms with van der Waals surface area (Å²) in [5.74, 6) is 0.907. The predicted octanol–water partition coefficient (Wildman–Crippen LogP) is 3.04. The first kappa shape index (κ1) is 16.3. The van der Waals surface area contributed by atoms with Crippen molar-refractivity contribution in [2.24, 2.45) is 0 Å². The summed E-state index contributed by atoms with van der Waals surface area (Å²) < 4.78 is 1.82. The van der Waals surface area contributed by atoms with Crippen molar-refractivity contribution in [2.45, 2.75) is 26.3 Å². The molecule has 0 saturated carbocycles. The highest BCUT2D eigenvalue weighted by molar-refractivity contribution is 5.30. The average molecular weight is 321 g/mol. The highest BCUT2D eigenvalue weighted by Crippen LogP contribution is 2.10. The van der Waals surface area contributed by atoms with Crippen LogP contribution < -0.4 is 0 Å². The third-order valence-electron chi connectivity index (χ3n) is 4.05. The standard InChI is InChI=1S/C19H23N5/c1-16-10-12-17(13-11-16)15-23(2)14-6-9-19-20-21-22-24(19)18-7-4-3-5-8-18/h3-5,7-8,10-13H,6,9,14-15H2,1-2H3. The van der Waals surface area contributed by atoms with Crippen LogP contribution in [0.1, 0.15) is 23.4 Å². The van der Waals surface area contributed by atoms with Crippen LogP contribution in [-0.4, -0.2) is 38.7 Å². The molecule has 2 aromatic carbocycles. The van der Waals surface area contributed by atoms with Gasteiger partial charge in [-0.1, -0.05) is 48.0 Å². The zero-order valence-electron chi connectivity index (χ0n) is 14.3.